The van der Waals surface area contributed by atoms with Gasteiger partial charge in [0.1, 0.15) is 4.75 Å². The number of nitrogens with zero attached hydrogens (tertiary/aromatic N) is 2. The minimum Gasteiger partial charge on any atom is -0.342 e. The van der Waals surface area contributed by atoms with Crippen LogP contribution in [-0.2, 0) is 4.79 Å². The maximum absolute atomic E-state index is 12.4. The van der Waals surface area contributed by atoms with Gasteiger partial charge in [0.05, 0.1) is 6.07 Å². The Balaban J connectivity index is 1.57. The molecular formula is C14H20N2OS. The Bertz CT molecular complexity index is 385. The van der Waals surface area contributed by atoms with Gasteiger partial charge < -0.3 is 4.90 Å². The quantitative estimate of drug-likeness (QED) is 0.768. The van der Waals surface area contributed by atoms with E-state index in [4.69, 9.17) is 0 Å². The molecule has 4 heteroatoms. The number of rotatable bonds is 2. The largest absolute Gasteiger partial charge is 0.342 e. The first kappa shape index (κ1) is 12.3. The normalized spacial score (nSPS) is 36.9. The van der Waals surface area contributed by atoms with Crippen molar-refractivity contribution >= 4 is 17.7 Å². The molecule has 3 rings (SSSR count). The third-order valence-corrected chi connectivity index (χ3v) is 6.45. The van der Waals surface area contributed by atoms with Crippen LogP contribution in [0.2, 0.25) is 0 Å². The van der Waals surface area contributed by atoms with Crippen molar-refractivity contribution in [2.45, 2.75) is 36.9 Å². The Morgan fingerprint density at radius 2 is 1.94 bits per heavy atom. The molecule has 0 N–H and O–H groups in total. The van der Waals surface area contributed by atoms with Gasteiger partial charge in [-0.05, 0) is 43.8 Å². The fourth-order valence-corrected chi connectivity index (χ4v) is 4.53. The molecule has 1 heterocycles. The van der Waals surface area contributed by atoms with Crippen LogP contribution in [0.5, 0.6) is 0 Å². The van der Waals surface area contributed by atoms with Gasteiger partial charge in [-0.1, -0.05) is 6.42 Å². The lowest BCUT2D eigenvalue weighted by Gasteiger charge is -2.36. The van der Waals surface area contributed by atoms with Crippen molar-refractivity contribution < 1.29 is 4.79 Å². The number of hydrogen-bond acceptors (Lipinski definition) is 3. The number of thioether (sulfide) groups is 1. The summed E-state index contributed by atoms with van der Waals surface area (Å²) in [7, 11) is 0. The minimum atomic E-state index is -0.240. The number of hydrogen-bond donors (Lipinski definition) is 0. The van der Waals surface area contributed by atoms with Crippen LogP contribution in [0.1, 0.15) is 32.1 Å². The van der Waals surface area contributed by atoms with E-state index in [-0.39, 0.29) is 4.75 Å². The van der Waals surface area contributed by atoms with Gasteiger partial charge in [-0.25, -0.2) is 0 Å². The molecule has 1 saturated heterocycles. The lowest BCUT2D eigenvalue weighted by molar-refractivity contribution is -0.134. The van der Waals surface area contributed by atoms with Gasteiger partial charge in [-0.3, -0.25) is 4.79 Å². The monoisotopic (exact) mass is 264 g/mol. The van der Waals surface area contributed by atoms with Crippen molar-refractivity contribution in [3.05, 3.63) is 0 Å². The highest BCUT2D eigenvalue weighted by molar-refractivity contribution is 8.00. The van der Waals surface area contributed by atoms with E-state index in [1.54, 1.807) is 11.8 Å². The van der Waals surface area contributed by atoms with Crippen LogP contribution in [0.4, 0.5) is 0 Å². The molecule has 2 saturated carbocycles. The Morgan fingerprint density at radius 1 is 1.33 bits per heavy atom. The number of nitriles is 1. The average molecular weight is 264 g/mol. The summed E-state index contributed by atoms with van der Waals surface area (Å²) in [6.07, 6.45) is 7.52. The van der Waals surface area contributed by atoms with Crippen LogP contribution in [0.15, 0.2) is 0 Å². The number of carbonyl (C=O) groups is 1. The maximum Gasteiger partial charge on any atom is 0.226 e. The number of fused-ring (bicyclic) bond motifs is 1. The molecule has 18 heavy (non-hydrogen) atoms. The molecule has 3 nitrogen and oxygen atoms in total. The average Bonchev–Trinajstić information content (AvgIpc) is 2.90. The summed E-state index contributed by atoms with van der Waals surface area (Å²) in [5, 5.41) is 9.24. The fraction of sp³-hybridized carbons (Fsp3) is 0.857. The first-order chi connectivity index (χ1) is 8.71. The van der Waals surface area contributed by atoms with Crippen LogP contribution >= 0.6 is 11.8 Å². The summed E-state index contributed by atoms with van der Waals surface area (Å²) in [5.41, 5.74) is 0. The van der Waals surface area contributed by atoms with E-state index in [2.05, 4.69) is 6.07 Å². The van der Waals surface area contributed by atoms with Crippen molar-refractivity contribution in [2.24, 2.45) is 17.8 Å². The first-order valence-corrected chi connectivity index (χ1v) is 8.18. The van der Waals surface area contributed by atoms with Gasteiger partial charge in [0.25, 0.3) is 0 Å². The summed E-state index contributed by atoms with van der Waals surface area (Å²) >= 11 is 1.65. The molecule has 98 valence electrons. The Morgan fingerprint density at radius 3 is 2.44 bits per heavy atom. The molecule has 1 amide bonds. The van der Waals surface area contributed by atoms with Gasteiger partial charge in [-0.2, -0.15) is 5.26 Å². The molecule has 0 spiro atoms. The van der Waals surface area contributed by atoms with Gasteiger partial charge in [0.2, 0.25) is 5.91 Å². The fourth-order valence-electron chi connectivity index (χ4n) is 3.85. The molecule has 2 atom stereocenters. The number of likely N-dealkylation sites (tertiary alicyclic amines) is 1. The molecule has 2 unspecified atom stereocenters. The highest BCUT2D eigenvalue weighted by Gasteiger charge is 2.57. The highest BCUT2D eigenvalue weighted by atomic mass is 32.2. The second-order valence-electron chi connectivity index (χ2n) is 5.92. The van der Waals surface area contributed by atoms with Crippen LogP contribution in [0.25, 0.3) is 0 Å². The van der Waals surface area contributed by atoms with E-state index in [0.717, 1.165) is 25.9 Å². The predicted octanol–water partition coefficient (Wildman–Crippen LogP) is 2.28. The summed E-state index contributed by atoms with van der Waals surface area (Å²) in [4.78, 5) is 14.4. The standard InChI is InChI=1S/C14H20N2OS/c1-18-14(9-15)5-7-16(8-6-14)13(17)12-10-3-2-4-11(10)12/h10-12H,2-8H2,1H3. The van der Waals surface area contributed by atoms with Gasteiger partial charge >= 0.3 is 0 Å². The van der Waals surface area contributed by atoms with E-state index in [1.165, 1.54) is 19.3 Å². The predicted molar refractivity (Wildman–Crippen MR) is 72.0 cm³/mol. The summed E-state index contributed by atoms with van der Waals surface area (Å²) in [6, 6.07) is 2.44. The van der Waals surface area contributed by atoms with E-state index in [9.17, 15) is 10.1 Å². The van der Waals surface area contributed by atoms with E-state index in [1.807, 2.05) is 11.2 Å². The zero-order valence-corrected chi connectivity index (χ0v) is 11.7. The van der Waals surface area contributed by atoms with Crippen molar-refractivity contribution in [3.8, 4) is 6.07 Å². The topological polar surface area (TPSA) is 44.1 Å². The van der Waals surface area contributed by atoms with Crippen LogP contribution < -0.4 is 0 Å². The zero-order chi connectivity index (χ0) is 12.8. The van der Waals surface area contributed by atoms with Crippen molar-refractivity contribution in [1.82, 2.24) is 4.90 Å². The molecule has 0 aromatic carbocycles. The second kappa shape index (κ2) is 4.45. The van der Waals surface area contributed by atoms with Crippen molar-refractivity contribution in [3.63, 3.8) is 0 Å². The third kappa shape index (κ3) is 1.84. The van der Waals surface area contributed by atoms with E-state index in [0.29, 0.717) is 23.7 Å². The summed E-state index contributed by atoms with van der Waals surface area (Å²) in [5.74, 6) is 2.15. The number of piperidine rings is 1. The minimum absolute atomic E-state index is 0.240. The summed E-state index contributed by atoms with van der Waals surface area (Å²) < 4.78 is -0.240. The number of carbonyl (C=O) groups excluding carboxylic acids is 1. The lowest BCUT2D eigenvalue weighted by atomic mass is 9.96. The molecule has 3 fully saturated rings. The van der Waals surface area contributed by atoms with Gasteiger partial charge in [-0.15, -0.1) is 11.8 Å². The molecule has 2 aliphatic carbocycles. The Kier molecular flexibility index (Phi) is 3.05. The highest BCUT2D eigenvalue weighted by Crippen LogP contribution is 2.58. The van der Waals surface area contributed by atoms with Crippen LogP contribution in [0.3, 0.4) is 0 Å². The smallest absolute Gasteiger partial charge is 0.226 e. The SMILES string of the molecule is CSC1(C#N)CCN(C(=O)C2C3CCCC32)CC1. The second-order valence-corrected chi connectivity index (χ2v) is 7.11. The Hall–Kier alpha value is -0.690. The van der Waals surface area contributed by atoms with Gasteiger partial charge in [0, 0.05) is 19.0 Å². The number of amides is 1. The zero-order valence-electron chi connectivity index (χ0n) is 10.9. The Labute approximate surface area is 113 Å². The molecule has 0 aromatic heterocycles. The summed E-state index contributed by atoms with van der Waals surface area (Å²) in [6.45, 7) is 1.56. The van der Waals surface area contributed by atoms with Gasteiger partial charge in [0.15, 0.2) is 0 Å². The van der Waals surface area contributed by atoms with Crippen molar-refractivity contribution in [2.75, 3.05) is 19.3 Å². The third-order valence-electron chi connectivity index (χ3n) is 5.17. The molecule has 0 aromatic rings. The lowest BCUT2D eigenvalue weighted by Crippen LogP contribution is -2.45. The molecule has 0 bridgehead atoms. The molecular weight excluding hydrogens is 244 g/mol. The maximum atomic E-state index is 12.4. The van der Waals surface area contributed by atoms with E-state index >= 15 is 0 Å². The van der Waals surface area contributed by atoms with Crippen LogP contribution in [0, 0.1) is 29.1 Å². The van der Waals surface area contributed by atoms with E-state index < -0.39 is 0 Å². The first-order valence-electron chi connectivity index (χ1n) is 6.96. The molecule has 3 aliphatic rings. The molecule has 0 radical (unpaired) electrons. The van der Waals surface area contributed by atoms with Crippen LogP contribution in [-0.4, -0.2) is 34.9 Å². The molecule has 1 aliphatic heterocycles. The van der Waals surface area contributed by atoms with Crippen molar-refractivity contribution in [1.29, 1.82) is 5.26 Å².